The van der Waals surface area contributed by atoms with Gasteiger partial charge in [-0.3, -0.25) is 9.59 Å². The van der Waals surface area contributed by atoms with Crippen molar-refractivity contribution >= 4 is 35.1 Å². The number of hydrogen-bond donors (Lipinski definition) is 2. The van der Waals surface area contributed by atoms with Crippen molar-refractivity contribution in [2.45, 2.75) is 64.8 Å². The lowest BCUT2D eigenvalue weighted by Crippen LogP contribution is -2.32. The van der Waals surface area contributed by atoms with Gasteiger partial charge in [0.2, 0.25) is 5.91 Å². The molecule has 0 radical (unpaired) electrons. The van der Waals surface area contributed by atoms with Gasteiger partial charge in [-0.05, 0) is 38.5 Å². The molecule has 2 aliphatic rings. The number of aryl methyl sites for hydroxylation is 1. The fourth-order valence-electron chi connectivity index (χ4n) is 4.76. The molecule has 1 aliphatic heterocycles. The Morgan fingerprint density at radius 3 is 2.67 bits per heavy atom. The lowest BCUT2D eigenvalue weighted by molar-refractivity contribution is -0.129. The van der Waals surface area contributed by atoms with Crippen LogP contribution in [0.2, 0.25) is 0 Å². The van der Waals surface area contributed by atoms with E-state index in [0.29, 0.717) is 29.0 Å². The molecule has 8 heteroatoms. The van der Waals surface area contributed by atoms with E-state index in [-0.39, 0.29) is 11.8 Å². The maximum Gasteiger partial charge on any atom is 0.254 e. The van der Waals surface area contributed by atoms with Gasteiger partial charge < -0.3 is 15.2 Å². The van der Waals surface area contributed by atoms with E-state index >= 15 is 0 Å². The first-order chi connectivity index (χ1) is 14.5. The average molecular weight is 430 g/mol. The van der Waals surface area contributed by atoms with Crippen LogP contribution in [0, 0.1) is 17.4 Å². The smallest absolute Gasteiger partial charge is 0.254 e. The van der Waals surface area contributed by atoms with Crippen molar-refractivity contribution in [3.05, 3.63) is 22.0 Å². The molecular formula is C22H31N5O2S. The molecular weight excluding hydrogens is 398 g/mol. The molecule has 2 aromatic heterocycles. The number of carbonyl (C=O) groups excluding carboxylic acids is 2. The van der Waals surface area contributed by atoms with Crippen molar-refractivity contribution in [2.75, 3.05) is 19.6 Å². The summed E-state index contributed by atoms with van der Waals surface area (Å²) in [5.74, 6) is 0.513. The Kier molecular flexibility index (Phi) is 6.51. The maximum atomic E-state index is 12.7. The van der Waals surface area contributed by atoms with Gasteiger partial charge in [0.25, 0.3) is 5.91 Å². The van der Waals surface area contributed by atoms with E-state index in [1.807, 2.05) is 16.5 Å². The summed E-state index contributed by atoms with van der Waals surface area (Å²) in [6.45, 7) is 4.82. The van der Waals surface area contributed by atoms with Crippen LogP contribution < -0.4 is 5.32 Å². The van der Waals surface area contributed by atoms with Crippen LogP contribution in [0.5, 0.6) is 0 Å². The number of likely N-dealkylation sites (tertiary alicyclic amines) is 1. The number of H-pyrrole nitrogens is 1. The number of hydrogen-bond acceptors (Lipinski definition) is 4. The van der Waals surface area contributed by atoms with E-state index in [0.717, 1.165) is 49.2 Å². The van der Waals surface area contributed by atoms with Crippen molar-refractivity contribution in [2.24, 2.45) is 5.92 Å². The second-order valence-corrected chi connectivity index (χ2v) is 9.03. The Labute approximate surface area is 182 Å². The molecule has 0 bridgehead atoms. The molecule has 3 heterocycles. The van der Waals surface area contributed by atoms with Crippen molar-refractivity contribution < 1.29 is 9.59 Å². The van der Waals surface area contributed by atoms with Crippen LogP contribution in [0.15, 0.2) is 6.20 Å². The Balaban J connectivity index is 1.44. The lowest BCUT2D eigenvalue weighted by atomic mass is 9.89. The number of aromatic amines is 1. The molecule has 0 atom stereocenters. The summed E-state index contributed by atoms with van der Waals surface area (Å²) in [7, 11) is 0. The van der Waals surface area contributed by atoms with Gasteiger partial charge >= 0.3 is 0 Å². The number of pyridine rings is 1. The van der Waals surface area contributed by atoms with Gasteiger partial charge in [0.1, 0.15) is 5.65 Å². The normalized spacial score (nSPS) is 17.6. The molecule has 1 saturated carbocycles. The zero-order chi connectivity index (χ0) is 21.1. The second kappa shape index (κ2) is 9.29. The first-order valence-corrected chi connectivity index (χ1v) is 11.6. The zero-order valence-corrected chi connectivity index (χ0v) is 18.5. The Morgan fingerprint density at radius 1 is 1.20 bits per heavy atom. The SMILES string of the molecule is Cc1nn(CC2CCCCC2)c2[nH]cc(C(=O)NCCC(=O)N3CCCC3)c(=S)c12. The van der Waals surface area contributed by atoms with Crippen molar-refractivity contribution in [1.29, 1.82) is 0 Å². The number of aromatic nitrogens is 3. The molecule has 7 nitrogen and oxygen atoms in total. The highest BCUT2D eigenvalue weighted by Gasteiger charge is 2.20. The minimum atomic E-state index is -0.244. The lowest BCUT2D eigenvalue weighted by Gasteiger charge is -2.21. The number of nitrogens with one attached hydrogen (secondary N) is 2. The summed E-state index contributed by atoms with van der Waals surface area (Å²) in [6.07, 6.45) is 10.6. The van der Waals surface area contributed by atoms with Crippen LogP contribution in [0.3, 0.4) is 0 Å². The van der Waals surface area contributed by atoms with Crippen LogP contribution in [0.1, 0.15) is 67.4 Å². The summed E-state index contributed by atoms with van der Waals surface area (Å²) < 4.78 is 2.55. The predicted octanol–water partition coefficient (Wildman–Crippen LogP) is 3.72. The average Bonchev–Trinajstić information content (AvgIpc) is 3.38. The molecule has 0 unspecified atom stereocenters. The first-order valence-electron chi connectivity index (χ1n) is 11.2. The molecule has 2 amide bonds. The highest BCUT2D eigenvalue weighted by molar-refractivity contribution is 7.71. The van der Waals surface area contributed by atoms with Crippen LogP contribution in [-0.2, 0) is 11.3 Å². The van der Waals surface area contributed by atoms with E-state index in [1.165, 1.54) is 32.1 Å². The number of fused-ring (bicyclic) bond motifs is 1. The highest BCUT2D eigenvalue weighted by Crippen LogP contribution is 2.27. The fraction of sp³-hybridized carbons (Fsp3) is 0.636. The highest BCUT2D eigenvalue weighted by atomic mass is 32.1. The molecule has 162 valence electrons. The van der Waals surface area contributed by atoms with Crippen LogP contribution in [-0.4, -0.2) is 51.1 Å². The number of amides is 2. The standard InChI is InChI=1S/C22H31N5O2S/c1-15-19-20(30)17(22(29)23-10-9-18(28)26-11-5-6-12-26)13-24-21(19)27(25-15)14-16-7-3-2-4-8-16/h13,16H,2-12,14H2,1H3,(H,23,29)(H,24,30). The maximum absolute atomic E-state index is 12.7. The molecule has 2 aromatic rings. The fourth-order valence-corrected chi connectivity index (χ4v) is 5.15. The number of carbonyl (C=O) groups is 2. The number of rotatable bonds is 6. The molecule has 0 spiro atoms. The summed E-state index contributed by atoms with van der Waals surface area (Å²) in [4.78, 5) is 30.0. The molecule has 2 N–H and O–H groups in total. The van der Waals surface area contributed by atoms with E-state index in [1.54, 1.807) is 6.20 Å². The quantitative estimate of drug-likeness (QED) is 0.686. The third kappa shape index (κ3) is 4.43. The van der Waals surface area contributed by atoms with Gasteiger partial charge in [-0.15, -0.1) is 0 Å². The largest absolute Gasteiger partial charge is 0.351 e. The van der Waals surface area contributed by atoms with Crippen molar-refractivity contribution in [3.8, 4) is 0 Å². The van der Waals surface area contributed by atoms with Gasteiger partial charge in [0.05, 0.1) is 21.2 Å². The summed E-state index contributed by atoms with van der Waals surface area (Å²) in [6, 6.07) is 0. The molecule has 4 rings (SSSR count). The van der Waals surface area contributed by atoms with Crippen molar-refractivity contribution in [1.82, 2.24) is 25.0 Å². The molecule has 2 fully saturated rings. The van der Waals surface area contributed by atoms with E-state index in [9.17, 15) is 9.59 Å². The van der Waals surface area contributed by atoms with Gasteiger partial charge in [-0.25, -0.2) is 4.68 Å². The predicted molar refractivity (Wildman–Crippen MR) is 119 cm³/mol. The Hall–Kier alpha value is -2.22. The van der Waals surface area contributed by atoms with Gasteiger partial charge in [-0.2, -0.15) is 5.10 Å². The monoisotopic (exact) mass is 429 g/mol. The summed E-state index contributed by atoms with van der Waals surface area (Å²) in [5.41, 5.74) is 2.18. The topological polar surface area (TPSA) is 83.0 Å². The summed E-state index contributed by atoms with van der Waals surface area (Å²) in [5, 5.41) is 8.41. The first kappa shape index (κ1) is 21.0. The minimum Gasteiger partial charge on any atom is -0.351 e. The van der Waals surface area contributed by atoms with E-state index < -0.39 is 0 Å². The second-order valence-electron chi connectivity index (χ2n) is 8.62. The van der Waals surface area contributed by atoms with Crippen LogP contribution in [0.25, 0.3) is 11.0 Å². The Morgan fingerprint density at radius 2 is 1.93 bits per heavy atom. The number of nitrogens with zero attached hydrogens (tertiary/aromatic N) is 3. The molecule has 1 aliphatic carbocycles. The van der Waals surface area contributed by atoms with E-state index in [2.05, 4.69) is 10.3 Å². The van der Waals surface area contributed by atoms with Gasteiger partial charge in [0.15, 0.2) is 0 Å². The van der Waals surface area contributed by atoms with Gasteiger partial charge in [0, 0.05) is 38.8 Å². The van der Waals surface area contributed by atoms with Crippen molar-refractivity contribution in [3.63, 3.8) is 0 Å². The zero-order valence-electron chi connectivity index (χ0n) is 17.7. The van der Waals surface area contributed by atoms with Crippen LogP contribution in [0.4, 0.5) is 0 Å². The van der Waals surface area contributed by atoms with Gasteiger partial charge in [-0.1, -0.05) is 31.5 Å². The van der Waals surface area contributed by atoms with Crippen LogP contribution >= 0.6 is 12.2 Å². The molecule has 30 heavy (non-hydrogen) atoms. The third-order valence-corrected chi connectivity index (χ3v) is 6.86. The minimum absolute atomic E-state index is 0.105. The Bertz CT molecular complexity index is 983. The summed E-state index contributed by atoms with van der Waals surface area (Å²) >= 11 is 5.66. The van der Waals surface area contributed by atoms with E-state index in [4.69, 9.17) is 17.3 Å². The molecule has 0 aromatic carbocycles. The molecule has 1 saturated heterocycles. The third-order valence-electron chi connectivity index (χ3n) is 6.44.